The van der Waals surface area contributed by atoms with Crippen molar-refractivity contribution in [1.82, 2.24) is 10.6 Å². The average Bonchev–Trinajstić information content (AvgIpc) is 3.57. The molecule has 372 valence electrons. The summed E-state index contributed by atoms with van der Waals surface area (Å²) in [4.78, 5) is 25.8. The number of rotatable bonds is 26. The van der Waals surface area contributed by atoms with Crippen LogP contribution < -0.4 is 15.5 Å². The molecule has 2 aromatic rings. The SMILES string of the molecule is C=S(=O)(O)CCCN1/C(=C/C=C/C=C/C2=[N+](CCCS(=O)(=O)O)c3ccc(S(=O)(=O)O)cc3C2(C)C)C(C)(CCCCCC(=O)NCCCCCNC(=O)C(C)C)c2cc(S(=O)(=O)O)ccc21. The average molecular weight is 1010 g/mol. The van der Waals surface area contributed by atoms with Crippen molar-refractivity contribution in [3.8, 4) is 0 Å². The second kappa shape index (κ2) is 22.9. The Labute approximate surface area is 397 Å². The van der Waals surface area contributed by atoms with Gasteiger partial charge in [-0.25, -0.2) is 4.21 Å². The lowest BCUT2D eigenvalue weighted by atomic mass is 9.77. The molecule has 4 rings (SSSR count). The predicted octanol–water partition coefficient (Wildman–Crippen LogP) is 6.20. The fourth-order valence-electron chi connectivity index (χ4n) is 8.56. The minimum absolute atomic E-state index is 0.0162. The molecule has 67 heavy (non-hydrogen) atoms. The summed E-state index contributed by atoms with van der Waals surface area (Å²) in [6.45, 7) is 10.9. The third kappa shape index (κ3) is 15.6. The van der Waals surface area contributed by atoms with Gasteiger partial charge in [-0.1, -0.05) is 44.9 Å². The molecule has 0 spiro atoms. The summed E-state index contributed by atoms with van der Waals surface area (Å²) in [7, 11) is -16.7. The fraction of sp³-hybridized carbons (Fsp3) is 0.522. The summed E-state index contributed by atoms with van der Waals surface area (Å²) in [6.07, 6.45) is 14.5. The van der Waals surface area contributed by atoms with Crippen LogP contribution in [0.3, 0.4) is 0 Å². The Morgan fingerprint density at radius 1 is 0.746 bits per heavy atom. The molecular weight excluding hydrogens is 945 g/mol. The summed E-state index contributed by atoms with van der Waals surface area (Å²) < 4.78 is 125. The molecule has 0 saturated heterocycles. The molecule has 6 N–H and O–H groups in total. The zero-order valence-corrected chi connectivity index (χ0v) is 42.2. The number of nitrogens with zero attached hydrogens (tertiary/aromatic N) is 2. The minimum atomic E-state index is -4.59. The molecule has 2 aliphatic heterocycles. The van der Waals surface area contributed by atoms with Gasteiger partial charge >= 0.3 is 0 Å². The second-order valence-electron chi connectivity index (χ2n) is 18.1. The normalized spacial score (nSPS) is 18.8. The van der Waals surface area contributed by atoms with E-state index in [4.69, 9.17) is 0 Å². The number of carbonyl (C=O) groups excluding carboxylic acids is 2. The minimum Gasteiger partial charge on any atom is -0.356 e. The number of benzene rings is 2. The van der Waals surface area contributed by atoms with Gasteiger partial charge in [0, 0.05) is 78.7 Å². The summed E-state index contributed by atoms with van der Waals surface area (Å²) in [6, 6.07) is 8.54. The molecular formula is C46H67N4O13S4+. The van der Waals surface area contributed by atoms with Crippen LogP contribution in [0.4, 0.5) is 11.4 Å². The maximum Gasteiger partial charge on any atom is 0.294 e. The highest BCUT2D eigenvalue weighted by atomic mass is 32.2. The maximum atomic E-state index is 12.7. The Kier molecular flexibility index (Phi) is 18.9. The van der Waals surface area contributed by atoms with Crippen molar-refractivity contribution in [1.29, 1.82) is 0 Å². The highest BCUT2D eigenvalue weighted by molar-refractivity contribution is 7.95. The van der Waals surface area contributed by atoms with Gasteiger partial charge < -0.3 is 20.1 Å². The summed E-state index contributed by atoms with van der Waals surface area (Å²) in [5, 5.41) is 5.84. The third-order valence-corrected chi connectivity index (χ3v) is 15.5. The molecule has 0 radical (unpaired) electrons. The number of carbonyl (C=O) groups is 2. The van der Waals surface area contributed by atoms with Crippen LogP contribution in [0.15, 0.2) is 82.3 Å². The first-order valence-corrected chi connectivity index (χ1v) is 28.7. The van der Waals surface area contributed by atoms with Gasteiger partial charge in [0.1, 0.15) is 6.54 Å². The van der Waals surface area contributed by atoms with Crippen LogP contribution in [0.2, 0.25) is 0 Å². The van der Waals surface area contributed by atoms with E-state index in [2.05, 4.69) is 16.5 Å². The first kappa shape index (κ1) is 55.4. The highest BCUT2D eigenvalue weighted by Crippen LogP contribution is 2.51. The largest absolute Gasteiger partial charge is 0.356 e. The molecule has 21 heteroatoms. The van der Waals surface area contributed by atoms with Gasteiger partial charge in [-0.2, -0.15) is 29.8 Å². The smallest absolute Gasteiger partial charge is 0.294 e. The van der Waals surface area contributed by atoms with Crippen LogP contribution in [0.1, 0.15) is 110 Å². The van der Waals surface area contributed by atoms with E-state index in [0.29, 0.717) is 73.4 Å². The summed E-state index contributed by atoms with van der Waals surface area (Å²) >= 11 is 0. The Balaban J connectivity index is 1.60. The van der Waals surface area contributed by atoms with Gasteiger partial charge in [0.15, 0.2) is 5.71 Å². The summed E-state index contributed by atoms with van der Waals surface area (Å²) in [5.74, 6) is 2.66. The first-order chi connectivity index (χ1) is 31.1. The van der Waals surface area contributed by atoms with Crippen molar-refractivity contribution in [3.05, 3.63) is 83.6 Å². The Morgan fingerprint density at radius 3 is 1.97 bits per heavy atom. The van der Waals surface area contributed by atoms with Crippen LogP contribution in [0, 0.1) is 5.92 Å². The van der Waals surface area contributed by atoms with Crippen LogP contribution in [-0.2, 0) is 60.6 Å². The monoisotopic (exact) mass is 1010 g/mol. The van der Waals surface area contributed by atoms with E-state index in [1.807, 2.05) is 50.2 Å². The number of allylic oxidation sites excluding steroid dienone is 6. The predicted molar refractivity (Wildman–Crippen MR) is 263 cm³/mol. The highest BCUT2D eigenvalue weighted by Gasteiger charge is 2.45. The van der Waals surface area contributed by atoms with Gasteiger partial charge in [-0.05, 0) is 107 Å². The molecule has 2 heterocycles. The van der Waals surface area contributed by atoms with E-state index in [9.17, 15) is 57.3 Å². The van der Waals surface area contributed by atoms with E-state index in [1.54, 1.807) is 30.4 Å². The zero-order chi connectivity index (χ0) is 50.0. The number of fused-ring (bicyclic) bond motifs is 2. The molecule has 0 aromatic heterocycles. The number of amides is 2. The third-order valence-electron chi connectivity index (χ3n) is 12.1. The van der Waals surface area contributed by atoms with E-state index in [0.717, 1.165) is 25.0 Å². The standard InChI is InChI=1S/C46H66N4O13S4/c1-34(2)44(52)48-27-15-9-14-26-47-43(51)20-12-8-13-25-46(5)38-33-36(67(61,62)63)22-24-40(38)50(28-16-30-64(6,53)54)42(46)19-11-7-10-18-41-45(3,4)37-32-35(66(58,59)60)21-23-39(37)49(41)29-17-31-65(55,56)57/h7,10-11,18-19,21-24,32-34H,6,8-9,12-17,20,25-31H2,1-5H3,(H5-,47,48,51,52,53,54,55,56,57,58,59,60,61,62,63)/p+1. The van der Waals surface area contributed by atoms with Crippen LogP contribution in [0.5, 0.6) is 0 Å². The number of hydrogen-bond donors (Lipinski definition) is 6. The second-order valence-corrected chi connectivity index (χ2v) is 24.5. The van der Waals surface area contributed by atoms with Gasteiger partial charge in [-0.15, -0.1) is 0 Å². The summed E-state index contributed by atoms with van der Waals surface area (Å²) in [5.41, 5.74) is 2.24. The quantitative estimate of drug-likeness (QED) is 0.0202. The van der Waals surface area contributed by atoms with Crippen molar-refractivity contribution >= 4 is 74.9 Å². The van der Waals surface area contributed by atoms with Crippen molar-refractivity contribution in [2.45, 2.75) is 119 Å². The Bertz CT molecular complexity index is 2730. The van der Waals surface area contributed by atoms with Gasteiger partial charge in [0.25, 0.3) is 30.4 Å². The number of unbranched alkanes of at least 4 members (excludes halogenated alkanes) is 4. The van der Waals surface area contributed by atoms with Gasteiger partial charge in [0.2, 0.25) is 17.5 Å². The molecule has 2 aliphatic rings. The molecule has 0 bridgehead atoms. The van der Waals surface area contributed by atoms with E-state index in [1.165, 1.54) is 30.3 Å². The van der Waals surface area contributed by atoms with Crippen LogP contribution in [-0.4, -0.2) is 113 Å². The Morgan fingerprint density at radius 2 is 1.36 bits per heavy atom. The number of anilines is 1. The van der Waals surface area contributed by atoms with E-state index >= 15 is 0 Å². The molecule has 0 aliphatic carbocycles. The zero-order valence-electron chi connectivity index (χ0n) is 38.9. The lowest BCUT2D eigenvalue weighted by molar-refractivity contribution is -0.437. The number of nitrogens with one attached hydrogen (secondary N) is 2. The maximum absolute atomic E-state index is 12.7. The molecule has 0 fully saturated rings. The van der Waals surface area contributed by atoms with Crippen molar-refractivity contribution in [2.75, 3.05) is 42.6 Å². The first-order valence-electron chi connectivity index (χ1n) is 22.4. The number of hydrogen-bond acceptors (Lipinski definition) is 10. The molecule has 2 unspecified atom stereocenters. The molecule has 2 aromatic carbocycles. The van der Waals surface area contributed by atoms with Crippen molar-refractivity contribution in [3.63, 3.8) is 0 Å². The van der Waals surface area contributed by atoms with Gasteiger partial charge in [0.05, 0.1) is 30.8 Å². The lowest BCUT2D eigenvalue weighted by Gasteiger charge is -2.30. The van der Waals surface area contributed by atoms with Crippen molar-refractivity contribution in [2.24, 2.45) is 5.92 Å². The van der Waals surface area contributed by atoms with Crippen molar-refractivity contribution < 1.29 is 61.8 Å². The van der Waals surface area contributed by atoms with Crippen LogP contribution >= 0.6 is 0 Å². The molecule has 0 saturated carbocycles. The van der Waals surface area contributed by atoms with E-state index < -0.39 is 56.7 Å². The molecule has 2 amide bonds. The van der Waals surface area contributed by atoms with E-state index in [-0.39, 0.29) is 59.2 Å². The topological polar surface area (TPSA) is 265 Å². The molecule has 2 atom stereocenters. The molecule has 17 nitrogen and oxygen atoms in total. The van der Waals surface area contributed by atoms with Gasteiger partial charge in [-0.3, -0.25) is 23.2 Å². The van der Waals surface area contributed by atoms with Crippen LogP contribution in [0.25, 0.3) is 0 Å². The fourth-order valence-corrected chi connectivity index (χ4v) is 10.7. The Hall–Kier alpha value is -4.22. The lowest BCUT2D eigenvalue weighted by Crippen LogP contribution is -2.30.